The molecule has 0 saturated carbocycles. The molecule has 0 fully saturated rings. The SMILES string of the molecule is O=c1ncccn1Cc1ccc(Cl)c(Cl)c1. The largest absolute Gasteiger partial charge is 0.347 e. The number of nitrogens with zero attached hydrogens (tertiary/aromatic N) is 2. The molecule has 0 radical (unpaired) electrons. The van der Waals surface area contributed by atoms with Gasteiger partial charge in [0.15, 0.2) is 0 Å². The molecule has 0 atom stereocenters. The first-order chi connectivity index (χ1) is 7.66. The van der Waals surface area contributed by atoms with Gasteiger partial charge in [-0.1, -0.05) is 29.3 Å². The van der Waals surface area contributed by atoms with Crippen LogP contribution >= 0.6 is 23.2 Å². The van der Waals surface area contributed by atoms with Crippen molar-refractivity contribution in [3.05, 3.63) is 62.8 Å². The maximum atomic E-state index is 11.4. The van der Waals surface area contributed by atoms with Crippen molar-refractivity contribution in [3.63, 3.8) is 0 Å². The summed E-state index contributed by atoms with van der Waals surface area (Å²) in [6.45, 7) is 0.434. The summed E-state index contributed by atoms with van der Waals surface area (Å²) in [6, 6.07) is 6.98. The van der Waals surface area contributed by atoms with Crippen LogP contribution in [0.1, 0.15) is 5.56 Å². The monoisotopic (exact) mass is 254 g/mol. The summed E-state index contributed by atoms with van der Waals surface area (Å²) >= 11 is 11.7. The first-order valence-electron chi connectivity index (χ1n) is 4.62. The van der Waals surface area contributed by atoms with E-state index in [4.69, 9.17) is 23.2 Å². The van der Waals surface area contributed by atoms with E-state index in [0.29, 0.717) is 16.6 Å². The van der Waals surface area contributed by atoms with Gasteiger partial charge in [-0.15, -0.1) is 0 Å². The number of hydrogen-bond acceptors (Lipinski definition) is 2. The Morgan fingerprint density at radius 1 is 1.25 bits per heavy atom. The van der Waals surface area contributed by atoms with Crippen LogP contribution in [0.25, 0.3) is 0 Å². The van der Waals surface area contributed by atoms with Crippen LogP contribution in [0.3, 0.4) is 0 Å². The van der Waals surface area contributed by atoms with Crippen LogP contribution in [0.2, 0.25) is 10.0 Å². The van der Waals surface area contributed by atoms with Gasteiger partial charge in [-0.2, -0.15) is 0 Å². The Kier molecular flexibility index (Phi) is 3.27. The second kappa shape index (κ2) is 4.68. The topological polar surface area (TPSA) is 34.9 Å². The van der Waals surface area contributed by atoms with Crippen molar-refractivity contribution in [3.8, 4) is 0 Å². The standard InChI is InChI=1S/C11H8Cl2N2O/c12-9-3-2-8(6-10(9)13)7-15-5-1-4-14-11(15)16/h1-6H,7H2. The van der Waals surface area contributed by atoms with Crippen LogP contribution in [-0.4, -0.2) is 9.55 Å². The van der Waals surface area contributed by atoms with Crippen LogP contribution < -0.4 is 5.69 Å². The van der Waals surface area contributed by atoms with Crippen LogP contribution in [0, 0.1) is 0 Å². The molecule has 16 heavy (non-hydrogen) atoms. The van der Waals surface area contributed by atoms with E-state index >= 15 is 0 Å². The fourth-order valence-corrected chi connectivity index (χ4v) is 1.66. The highest BCUT2D eigenvalue weighted by atomic mass is 35.5. The van der Waals surface area contributed by atoms with Crippen LogP contribution in [0.4, 0.5) is 0 Å². The molecular weight excluding hydrogens is 247 g/mol. The Balaban J connectivity index is 2.31. The molecule has 0 aliphatic heterocycles. The first kappa shape index (κ1) is 11.2. The second-order valence-corrected chi connectivity index (χ2v) is 4.09. The van der Waals surface area contributed by atoms with Gasteiger partial charge >= 0.3 is 5.69 Å². The molecule has 0 amide bonds. The average Bonchev–Trinajstić information content (AvgIpc) is 2.27. The molecule has 1 aromatic carbocycles. The summed E-state index contributed by atoms with van der Waals surface area (Å²) in [7, 11) is 0. The summed E-state index contributed by atoms with van der Waals surface area (Å²) in [6.07, 6.45) is 3.14. The molecule has 0 unspecified atom stereocenters. The molecule has 0 bridgehead atoms. The van der Waals surface area contributed by atoms with Crippen molar-refractivity contribution in [2.24, 2.45) is 0 Å². The smallest absolute Gasteiger partial charge is 0.295 e. The zero-order valence-electron chi connectivity index (χ0n) is 8.23. The Labute approximate surface area is 102 Å². The van der Waals surface area contributed by atoms with Crippen molar-refractivity contribution in [1.82, 2.24) is 9.55 Å². The summed E-state index contributed by atoms with van der Waals surface area (Å²) < 4.78 is 1.50. The maximum absolute atomic E-state index is 11.4. The summed E-state index contributed by atoms with van der Waals surface area (Å²) in [5.41, 5.74) is 0.623. The molecule has 5 heteroatoms. The lowest BCUT2D eigenvalue weighted by Gasteiger charge is -2.05. The maximum Gasteiger partial charge on any atom is 0.347 e. The van der Waals surface area contributed by atoms with Crippen LogP contribution in [-0.2, 0) is 6.54 Å². The van der Waals surface area contributed by atoms with Crippen LogP contribution in [0.15, 0.2) is 41.5 Å². The van der Waals surface area contributed by atoms with Gasteiger partial charge in [0.05, 0.1) is 16.6 Å². The van der Waals surface area contributed by atoms with Gasteiger partial charge in [0.25, 0.3) is 0 Å². The minimum absolute atomic E-state index is 0.284. The molecular formula is C11H8Cl2N2O. The molecule has 0 aliphatic rings. The molecule has 0 saturated heterocycles. The third-order valence-corrected chi connectivity index (χ3v) is 2.86. The van der Waals surface area contributed by atoms with Gasteiger partial charge in [-0.3, -0.25) is 4.57 Å². The van der Waals surface area contributed by atoms with Gasteiger partial charge in [0, 0.05) is 12.4 Å². The van der Waals surface area contributed by atoms with Gasteiger partial charge in [-0.05, 0) is 23.8 Å². The summed E-state index contributed by atoms with van der Waals surface area (Å²) in [5, 5.41) is 0.986. The number of benzene rings is 1. The highest BCUT2D eigenvalue weighted by Gasteiger charge is 2.01. The predicted octanol–water partition coefficient (Wildman–Crippen LogP) is 2.60. The van der Waals surface area contributed by atoms with E-state index in [-0.39, 0.29) is 5.69 Å². The fourth-order valence-electron chi connectivity index (χ4n) is 1.34. The lowest BCUT2D eigenvalue weighted by atomic mass is 10.2. The third-order valence-electron chi connectivity index (χ3n) is 2.12. The van der Waals surface area contributed by atoms with E-state index < -0.39 is 0 Å². The van der Waals surface area contributed by atoms with Gasteiger partial charge in [-0.25, -0.2) is 9.78 Å². The number of hydrogen-bond donors (Lipinski definition) is 0. The Morgan fingerprint density at radius 2 is 2.06 bits per heavy atom. The Bertz CT molecular complexity index is 566. The lowest BCUT2D eigenvalue weighted by molar-refractivity contribution is 0.727. The zero-order chi connectivity index (χ0) is 11.5. The van der Waals surface area contributed by atoms with E-state index in [1.54, 1.807) is 24.4 Å². The molecule has 0 N–H and O–H groups in total. The molecule has 3 nitrogen and oxygen atoms in total. The fraction of sp³-hybridized carbons (Fsp3) is 0.0909. The molecule has 2 rings (SSSR count). The highest BCUT2D eigenvalue weighted by molar-refractivity contribution is 6.42. The van der Waals surface area contributed by atoms with Crippen LogP contribution in [0.5, 0.6) is 0 Å². The molecule has 0 spiro atoms. The zero-order valence-corrected chi connectivity index (χ0v) is 9.74. The Hall–Kier alpha value is -1.32. The van der Waals surface area contributed by atoms with E-state index in [1.807, 2.05) is 6.07 Å². The Morgan fingerprint density at radius 3 is 2.75 bits per heavy atom. The molecule has 0 aliphatic carbocycles. The van der Waals surface area contributed by atoms with E-state index in [9.17, 15) is 4.79 Å². The normalized spacial score (nSPS) is 10.4. The van der Waals surface area contributed by atoms with Gasteiger partial charge in [0.2, 0.25) is 0 Å². The van der Waals surface area contributed by atoms with Gasteiger partial charge in [0.1, 0.15) is 0 Å². The van der Waals surface area contributed by atoms with Crippen molar-refractivity contribution >= 4 is 23.2 Å². The number of rotatable bonds is 2. The molecule has 1 heterocycles. The first-order valence-corrected chi connectivity index (χ1v) is 5.38. The average molecular weight is 255 g/mol. The van der Waals surface area contributed by atoms with Crippen molar-refractivity contribution in [2.45, 2.75) is 6.54 Å². The molecule has 1 aromatic heterocycles. The quantitative estimate of drug-likeness (QED) is 0.826. The molecule has 2 aromatic rings. The molecule has 82 valence electrons. The van der Waals surface area contributed by atoms with Crippen molar-refractivity contribution in [1.29, 1.82) is 0 Å². The number of halogens is 2. The predicted molar refractivity (Wildman–Crippen MR) is 64.1 cm³/mol. The van der Waals surface area contributed by atoms with E-state index in [2.05, 4.69) is 4.98 Å². The van der Waals surface area contributed by atoms with E-state index in [1.165, 1.54) is 10.8 Å². The number of aromatic nitrogens is 2. The third kappa shape index (κ3) is 2.43. The lowest BCUT2D eigenvalue weighted by Crippen LogP contribution is -2.21. The van der Waals surface area contributed by atoms with E-state index in [0.717, 1.165) is 5.56 Å². The van der Waals surface area contributed by atoms with Crippen molar-refractivity contribution < 1.29 is 0 Å². The van der Waals surface area contributed by atoms with Crippen molar-refractivity contribution in [2.75, 3.05) is 0 Å². The summed E-state index contributed by atoms with van der Waals surface area (Å²) in [4.78, 5) is 15.0. The van der Waals surface area contributed by atoms with Gasteiger partial charge < -0.3 is 0 Å². The minimum atomic E-state index is -0.284. The second-order valence-electron chi connectivity index (χ2n) is 3.28. The summed E-state index contributed by atoms with van der Waals surface area (Å²) in [5.74, 6) is 0. The highest BCUT2D eigenvalue weighted by Crippen LogP contribution is 2.22. The minimum Gasteiger partial charge on any atom is -0.295 e.